The number of nitrogens with zero attached hydrogens (tertiary/aromatic N) is 4. The summed E-state index contributed by atoms with van der Waals surface area (Å²) < 4.78 is 82.3. The van der Waals surface area contributed by atoms with E-state index in [1.807, 2.05) is 45.0 Å². The van der Waals surface area contributed by atoms with E-state index in [9.17, 15) is 31.1 Å². The Kier molecular flexibility index (Phi) is 7.21. The molecule has 0 bridgehead atoms. The van der Waals surface area contributed by atoms with Crippen molar-refractivity contribution in [1.82, 2.24) is 19.6 Å². The number of carbonyl (C=O) groups is 1. The second-order valence-corrected chi connectivity index (χ2v) is 11.0. The third-order valence-electron chi connectivity index (χ3n) is 6.65. The second-order valence-electron chi connectivity index (χ2n) is 10.6. The molecule has 4 rings (SSSR count). The first-order valence-electron chi connectivity index (χ1n) is 11.7. The Labute approximate surface area is 215 Å². The van der Waals surface area contributed by atoms with E-state index in [1.165, 1.54) is 0 Å². The summed E-state index contributed by atoms with van der Waals surface area (Å²) in [5.74, 6) is -0.192. The molecule has 13 heteroatoms. The molecule has 0 radical (unpaired) electrons. The molecule has 2 aliphatic rings. The van der Waals surface area contributed by atoms with Crippen LogP contribution in [0.15, 0.2) is 30.3 Å². The van der Waals surface area contributed by atoms with Crippen molar-refractivity contribution in [2.45, 2.75) is 51.2 Å². The van der Waals surface area contributed by atoms with Crippen molar-refractivity contribution in [1.29, 1.82) is 0 Å². The van der Waals surface area contributed by atoms with Gasteiger partial charge in [-0.25, -0.2) is 9.48 Å². The zero-order chi connectivity index (χ0) is 27.3. The van der Waals surface area contributed by atoms with Crippen LogP contribution in [-0.2, 0) is 16.7 Å². The van der Waals surface area contributed by atoms with Crippen molar-refractivity contribution >= 4 is 17.7 Å². The maximum absolute atomic E-state index is 12.8. The highest BCUT2D eigenvalue weighted by molar-refractivity contribution is 6.32. The number of para-hydroxylation sites is 1. The summed E-state index contributed by atoms with van der Waals surface area (Å²) in [6, 6.07) is 9.33. The van der Waals surface area contributed by atoms with Gasteiger partial charge in [-0.3, -0.25) is 4.90 Å². The normalized spacial score (nSPS) is 21.1. The highest BCUT2D eigenvalue weighted by atomic mass is 35.5. The van der Waals surface area contributed by atoms with Crippen LogP contribution in [0, 0.1) is 11.8 Å². The number of ether oxygens (including phenoxy) is 1. The van der Waals surface area contributed by atoms with E-state index in [2.05, 4.69) is 9.64 Å². The van der Waals surface area contributed by atoms with Crippen LogP contribution in [0.5, 0.6) is 0 Å². The van der Waals surface area contributed by atoms with Gasteiger partial charge in [-0.05, 0) is 30.0 Å². The minimum Gasteiger partial charge on any atom is -0.426 e. The molecule has 0 aliphatic carbocycles. The third-order valence-corrected chi connectivity index (χ3v) is 6.97. The van der Waals surface area contributed by atoms with Crippen molar-refractivity contribution in [3.05, 3.63) is 46.7 Å². The lowest BCUT2D eigenvalue weighted by Gasteiger charge is -2.26. The molecule has 2 unspecified atom stereocenters. The van der Waals surface area contributed by atoms with E-state index in [-0.39, 0.29) is 30.3 Å². The zero-order valence-electron chi connectivity index (χ0n) is 20.4. The number of fused-ring (bicyclic) bond motifs is 1. The Balaban J connectivity index is 1.44. The molecule has 0 saturated carbocycles. The monoisotopic (exact) mass is 552 g/mol. The average molecular weight is 553 g/mol. The molecule has 2 fully saturated rings. The van der Waals surface area contributed by atoms with Crippen LogP contribution >= 0.6 is 11.6 Å². The quantitative estimate of drug-likeness (QED) is 0.449. The third kappa shape index (κ3) is 6.00. The Morgan fingerprint density at radius 2 is 1.59 bits per heavy atom. The molecule has 204 valence electrons. The fourth-order valence-electron chi connectivity index (χ4n) is 4.82. The van der Waals surface area contributed by atoms with Crippen molar-refractivity contribution in [3.63, 3.8) is 0 Å². The van der Waals surface area contributed by atoms with Crippen molar-refractivity contribution in [2.75, 3.05) is 26.2 Å². The lowest BCUT2D eigenvalue weighted by molar-refractivity contribution is -0.308. The van der Waals surface area contributed by atoms with Crippen LogP contribution in [-0.4, -0.2) is 70.3 Å². The number of carbonyl (C=O) groups excluding carboxylic acids is 1. The smallest absolute Gasteiger partial charge is 0.426 e. The number of hydrogen-bond acceptors (Lipinski definition) is 4. The van der Waals surface area contributed by atoms with Crippen LogP contribution < -0.4 is 0 Å². The summed E-state index contributed by atoms with van der Waals surface area (Å²) in [6.45, 7) is 7.75. The molecular weight excluding hydrogens is 526 g/mol. The lowest BCUT2D eigenvalue weighted by Crippen LogP contribution is -2.48. The van der Waals surface area contributed by atoms with Gasteiger partial charge < -0.3 is 9.64 Å². The number of aromatic nitrogens is 2. The molecule has 1 aromatic carbocycles. The van der Waals surface area contributed by atoms with Gasteiger partial charge in [0.15, 0.2) is 0 Å². The number of alkyl halides is 6. The topological polar surface area (TPSA) is 50.6 Å². The number of amides is 1. The first-order chi connectivity index (χ1) is 17.0. The van der Waals surface area contributed by atoms with Gasteiger partial charge in [0.2, 0.25) is 0 Å². The number of benzene rings is 1. The fourth-order valence-corrected chi connectivity index (χ4v) is 5.04. The molecule has 0 spiro atoms. The van der Waals surface area contributed by atoms with Crippen molar-refractivity contribution in [3.8, 4) is 5.69 Å². The van der Waals surface area contributed by atoms with Crippen LogP contribution in [0.1, 0.15) is 32.2 Å². The summed E-state index contributed by atoms with van der Waals surface area (Å²) in [6.07, 6.45) is -17.2. The molecule has 1 aromatic heterocycles. The van der Waals surface area contributed by atoms with E-state index in [0.717, 1.165) is 22.0 Å². The summed E-state index contributed by atoms with van der Waals surface area (Å²) >= 11 is 6.42. The highest BCUT2D eigenvalue weighted by Gasteiger charge is 2.60. The molecule has 2 aliphatic heterocycles. The van der Waals surface area contributed by atoms with Crippen LogP contribution in [0.3, 0.4) is 0 Å². The maximum atomic E-state index is 12.8. The van der Waals surface area contributed by atoms with E-state index < -0.39 is 24.5 Å². The van der Waals surface area contributed by atoms with Gasteiger partial charge in [-0.2, -0.15) is 31.4 Å². The van der Waals surface area contributed by atoms with Crippen LogP contribution in [0.2, 0.25) is 5.02 Å². The molecule has 2 saturated heterocycles. The number of halogens is 7. The molecular formula is C24H27ClF6N4O2. The molecule has 0 N–H and O–H groups in total. The Bertz CT molecular complexity index is 1120. The van der Waals surface area contributed by atoms with E-state index in [1.54, 1.807) is 10.7 Å². The van der Waals surface area contributed by atoms with Gasteiger partial charge in [0.05, 0.1) is 22.1 Å². The predicted octanol–water partition coefficient (Wildman–Crippen LogP) is 5.82. The fraction of sp³-hybridized carbons (Fsp3) is 0.583. The maximum Gasteiger partial charge on any atom is 0.434 e. The standard InChI is InChI=1S/C24H27ClF6N4O2/c1-22(2,3)19-8-16(35(32-19)18-7-5-4-6-17(18)25)13-33-9-14-11-34(12-15(14)10-33)21(36)37-20(23(26,27)28)24(29,30)31/h4-8,14-15,20H,9-13H2,1-3H3. The van der Waals surface area contributed by atoms with Gasteiger partial charge in [0, 0.05) is 38.1 Å². The number of hydrogen-bond donors (Lipinski definition) is 0. The van der Waals surface area contributed by atoms with Crippen LogP contribution in [0.4, 0.5) is 31.1 Å². The summed E-state index contributed by atoms with van der Waals surface area (Å²) in [7, 11) is 0. The highest BCUT2D eigenvalue weighted by Crippen LogP contribution is 2.38. The molecule has 37 heavy (non-hydrogen) atoms. The predicted molar refractivity (Wildman–Crippen MR) is 123 cm³/mol. The van der Waals surface area contributed by atoms with Crippen LogP contribution in [0.25, 0.3) is 5.69 Å². The van der Waals surface area contributed by atoms with Gasteiger partial charge in [-0.15, -0.1) is 0 Å². The number of rotatable bonds is 4. The zero-order valence-corrected chi connectivity index (χ0v) is 21.2. The average Bonchev–Trinajstić information content (AvgIpc) is 3.44. The molecule has 3 heterocycles. The molecule has 1 amide bonds. The first kappa shape index (κ1) is 27.6. The summed E-state index contributed by atoms with van der Waals surface area (Å²) in [5, 5.41) is 5.32. The SMILES string of the molecule is CC(C)(C)c1cc(CN2CC3CN(C(=O)OC(C(F)(F)F)C(F)(F)F)CC3C2)n(-c2ccccc2Cl)n1. The summed E-state index contributed by atoms with van der Waals surface area (Å²) in [4.78, 5) is 15.2. The molecule has 6 nitrogen and oxygen atoms in total. The Morgan fingerprint density at radius 1 is 1.03 bits per heavy atom. The molecule has 2 aromatic rings. The first-order valence-corrected chi connectivity index (χ1v) is 12.1. The van der Waals surface area contributed by atoms with Gasteiger partial charge in [0.25, 0.3) is 6.10 Å². The Morgan fingerprint density at radius 3 is 2.11 bits per heavy atom. The van der Waals surface area contributed by atoms with Gasteiger partial charge >= 0.3 is 18.4 Å². The van der Waals surface area contributed by atoms with E-state index in [0.29, 0.717) is 24.7 Å². The van der Waals surface area contributed by atoms with E-state index >= 15 is 0 Å². The Hall–Kier alpha value is -2.47. The van der Waals surface area contributed by atoms with Gasteiger partial charge in [-0.1, -0.05) is 44.5 Å². The lowest BCUT2D eigenvalue weighted by atomic mass is 9.92. The van der Waals surface area contributed by atoms with E-state index in [4.69, 9.17) is 16.7 Å². The van der Waals surface area contributed by atoms with Crippen molar-refractivity contribution < 1.29 is 35.9 Å². The number of likely N-dealkylation sites (tertiary alicyclic amines) is 2. The van der Waals surface area contributed by atoms with Crippen molar-refractivity contribution in [2.24, 2.45) is 11.8 Å². The summed E-state index contributed by atoms with van der Waals surface area (Å²) in [5.41, 5.74) is 2.29. The minimum atomic E-state index is -5.74. The minimum absolute atomic E-state index is 0.0272. The largest absolute Gasteiger partial charge is 0.434 e. The second kappa shape index (κ2) is 9.68. The van der Waals surface area contributed by atoms with Gasteiger partial charge in [0.1, 0.15) is 0 Å². The molecule has 2 atom stereocenters.